The number of hydrogen-bond donors (Lipinski definition) is 4. The molecule has 2 heterocycles. The summed E-state index contributed by atoms with van der Waals surface area (Å²) >= 11 is 2.79. The first kappa shape index (κ1) is 30.2. The second kappa shape index (κ2) is 13.1. The first-order valence-corrected chi connectivity index (χ1v) is 15.9. The lowest BCUT2D eigenvalue weighted by atomic mass is 9.97. The molecule has 0 saturated heterocycles. The molecule has 4 aromatic rings. The summed E-state index contributed by atoms with van der Waals surface area (Å²) in [6.07, 6.45) is 4.62. The lowest BCUT2D eigenvalue weighted by Gasteiger charge is -2.21. The maximum absolute atomic E-state index is 10.9. The Bertz CT molecular complexity index is 1720. The molecule has 45 heavy (non-hydrogen) atoms. The fraction of sp³-hybridized carbons (Fsp3) is 0.143. The van der Waals surface area contributed by atoms with E-state index in [1.54, 1.807) is 26.4 Å². The third-order valence-corrected chi connectivity index (χ3v) is 9.51. The van der Waals surface area contributed by atoms with Crippen LogP contribution in [0, 0.1) is 0 Å². The molecule has 2 unspecified atom stereocenters. The Morgan fingerprint density at radius 3 is 1.40 bits per heavy atom. The highest BCUT2D eigenvalue weighted by molar-refractivity contribution is 8.14. The molecule has 2 aliphatic heterocycles. The zero-order valence-corrected chi connectivity index (χ0v) is 26.3. The quantitative estimate of drug-likeness (QED) is 0.162. The summed E-state index contributed by atoms with van der Waals surface area (Å²) in [6.45, 7) is 0. The van der Waals surface area contributed by atoms with E-state index in [0.717, 1.165) is 56.3 Å². The van der Waals surface area contributed by atoms with Gasteiger partial charge in [0.1, 0.15) is 23.0 Å². The van der Waals surface area contributed by atoms with Gasteiger partial charge in [-0.25, -0.2) is 9.98 Å². The Morgan fingerprint density at radius 2 is 1.02 bits per heavy atom. The van der Waals surface area contributed by atoms with Gasteiger partial charge in [-0.3, -0.25) is 0 Å². The molecule has 0 amide bonds. The molecule has 0 aromatic heterocycles. The normalized spacial score (nSPS) is 17.9. The molecule has 2 atom stereocenters. The minimum absolute atomic E-state index is 0.187. The van der Waals surface area contributed by atoms with E-state index in [2.05, 4.69) is 9.98 Å². The van der Waals surface area contributed by atoms with Gasteiger partial charge in [0.05, 0.1) is 36.1 Å². The van der Waals surface area contributed by atoms with Gasteiger partial charge in [-0.05, 0) is 90.4 Å². The summed E-state index contributed by atoms with van der Waals surface area (Å²) in [4.78, 5) is 9.09. The van der Waals surface area contributed by atoms with Gasteiger partial charge in [0.2, 0.25) is 0 Å². The van der Waals surface area contributed by atoms with Crippen LogP contribution in [0.4, 0.5) is 0 Å². The molecule has 6 N–H and O–H groups in total. The molecular weight excluding hydrogens is 605 g/mol. The van der Waals surface area contributed by atoms with E-state index in [-0.39, 0.29) is 22.0 Å². The molecule has 2 aliphatic rings. The zero-order valence-electron chi connectivity index (χ0n) is 24.7. The minimum atomic E-state index is -0.225. The number of ether oxygens (including phenoxy) is 2. The number of methoxy groups -OCH3 is 2. The lowest BCUT2D eigenvalue weighted by molar-refractivity contribution is 0.414. The van der Waals surface area contributed by atoms with E-state index in [4.69, 9.17) is 20.9 Å². The van der Waals surface area contributed by atoms with Crippen LogP contribution in [0.2, 0.25) is 0 Å². The molecule has 0 radical (unpaired) electrons. The number of hydrogen-bond acceptors (Lipinski definition) is 10. The Kier molecular flexibility index (Phi) is 8.77. The molecule has 4 aromatic carbocycles. The smallest absolute Gasteiger partial charge is 0.160 e. The monoisotopic (exact) mass is 636 g/mol. The van der Waals surface area contributed by atoms with Crippen LogP contribution >= 0.6 is 23.5 Å². The average molecular weight is 637 g/mol. The predicted molar refractivity (Wildman–Crippen MR) is 185 cm³/mol. The number of aromatic hydroxyl groups is 2. The molecule has 0 aliphatic carbocycles. The van der Waals surface area contributed by atoms with E-state index in [9.17, 15) is 10.2 Å². The molecule has 0 fully saturated rings. The number of nitrogens with zero attached hydrogens (tertiary/aromatic N) is 2. The van der Waals surface area contributed by atoms with Gasteiger partial charge < -0.3 is 31.2 Å². The van der Waals surface area contributed by atoms with Crippen molar-refractivity contribution in [2.45, 2.75) is 16.9 Å². The largest absolute Gasteiger partial charge is 0.508 e. The third kappa shape index (κ3) is 6.82. The molecular formula is C35H32N4O4S2. The molecule has 0 spiro atoms. The van der Waals surface area contributed by atoms with Crippen molar-refractivity contribution in [3.05, 3.63) is 130 Å². The summed E-state index contributed by atoms with van der Waals surface area (Å²) in [5.41, 5.74) is 19.3. The van der Waals surface area contributed by atoms with Gasteiger partial charge in [0.25, 0.3) is 0 Å². The van der Waals surface area contributed by atoms with Crippen molar-refractivity contribution in [1.29, 1.82) is 0 Å². The molecule has 8 nitrogen and oxygen atoms in total. The third-order valence-electron chi connectivity index (χ3n) is 7.55. The molecule has 0 bridgehead atoms. The van der Waals surface area contributed by atoms with Crippen molar-refractivity contribution in [2.75, 3.05) is 14.2 Å². The molecule has 0 saturated carbocycles. The number of amidine groups is 2. The highest BCUT2D eigenvalue weighted by Gasteiger charge is 2.24. The second-order valence-corrected chi connectivity index (χ2v) is 12.8. The molecule has 228 valence electrons. The minimum Gasteiger partial charge on any atom is -0.508 e. The van der Waals surface area contributed by atoms with Crippen molar-refractivity contribution >= 4 is 45.3 Å². The van der Waals surface area contributed by atoms with Crippen molar-refractivity contribution in [1.82, 2.24) is 0 Å². The standard InChI is InChI=1S/C35H32N4O4S2/c1-42-24-9-5-22(6-10-24)28-18-32(44-34(36)38-28)26-16-20(3-13-30(26)40)15-21-4-14-31(41)27(17-21)33-19-29(39-35(37)45-33)23-7-11-25(43-2)12-8-23/h3-14,16-19,32-33,40-41H,15H2,1-2H3,(H2,36,38)(H2,37,39). The summed E-state index contributed by atoms with van der Waals surface area (Å²) in [5, 5.41) is 22.2. The van der Waals surface area contributed by atoms with Crippen LogP contribution in [-0.4, -0.2) is 34.8 Å². The summed E-state index contributed by atoms with van der Waals surface area (Å²) in [6, 6.07) is 26.5. The van der Waals surface area contributed by atoms with Gasteiger partial charge in [-0.2, -0.15) is 0 Å². The lowest BCUT2D eigenvalue weighted by Crippen LogP contribution is -2.13. The van der Waals surface area contributed by atoms with Gasteiger partial charge in [0.15, 0.2) is 10.3 Å². The first-order valence-electron chi connectivity index (χ1n) is 14.2. The fourth-order valence-electron chi connectivity index (χ4n) is 5.25. The van der Waals surface area contributed by atoms with Crippen LogP contribution in [0.1, 0.15) is 43.9 Å². The fourth-order valence-corrected chi connectivity index (χ4v) is 7.10. The number of rotatable bonds is 8. The van der Waals surface area contributed by atoms with Crippen LogP contribution < -0.4 is 20.9 Å². The Balaban J connectivity index is 1.26. The molecule has 10 heteroatoms. The summed E-state index contributed by atoms with van der Waals surface area (Å²) in [5.74, 6) is 1.89. The van der Waals surface area contributed by atoms with E-state index < -0.39 is 0 Å². The first-order chi connectivity index (χ1) is 21.8. The SMILES string of the molecule is COc1ccc(C2=CC(c3cc(Cc4ccc(O)c(C5C=C(c6ccc(OC)cc6)N=C(N)S5)c4)ccc3O)SC(N)=N2)cc1. The highest BCUT2D eigenvalue weighted by atomic mass is 32.2. The van der Waals surface area contributed by atoms with Crippen molar-refractivity contribution < 1.29 is 19.7 Å². The van der Waals surface area contributed by atoms with Gasteiger partial charge >= 0.3 is 0 Å². The number of benzene rings is 4. The van der Waals surface area contributed by atoms with E-state index in [0.29, 0.717) is 16.8 Å². The zero-order chi connectivity index (χ0) is 31.5. The van der Waals surface area contributed by atoms with Gasteiger partial charge in [0, 0.05) is 22.3 Å². The topological polar surface area (TPSA) is 136 Å². The second-order valence-electron chi connectivity index (χ2n) is 10.5. The van der Waals surface area contributed by atoms with Crippen LogP contribution in [0.3, 0.4) is 0 Å². The van der Waals surface area contributed by atoms with Crippen LogP contribution in [-0.2, 0) is 6.42 Å². The van der Waals surface area contributed by atoms with Crippen LogP contribution in [0.25, 0.3) is 11.4 Å². The van der Waals surface area contributed by atoms with E-state index in [1.165, 1.54) is 23.5 Å². The van der Waals surface area contributed by atoms with E-state index >= 15 is 0 Å². The van der Waals surface area contributed by atoms with Gasteiger partial charge in [-0.1, -0.05) is 47.8 Å². The predicted octanol–water partition coefficient (Wildman–Crippen LogP) is 6.99. The Morgan fingerprint density at radius 1 is 0.622 bits per heavy atom. The van der Waals surface area contributed by atoms with Crippen molar-refractivity contribution in [3.8, 4) is 23.0 Å². The average Bonchev–Trinajstić information content (AvgIpc) is 3.06. The molecule has 6 rings (SSSR count). The van der Waals surface area contributed by atoms with Gasteiger partial charge in [-0.15, -0.1) is 0 Å². The maximum Gasteiger partial charge on any atom is 0.160 e. The van der Waals surface area contributed by atoms with Crippen LogP contribution in [0.15, 0.2) is 107 Å². The summed E-state index contributed by atoms with van der Waals surface area (Å²) in [7, 11) is 3.26. The number of nitrogens with two attached hydrogens (primary N) is 2. The van der Waals surface area contributed by atoms with E-state index in [1.807, 2.05) is 84.9 Å². The summed E-state index contributed by atoms with van der Waals surface area (Å²) < 4.78 is 10.6. The number of thioether (sulfide) groups is 2. The Hall–Kier alpha value is -4.80. The van der Waals surface area contributed by atoms with Crippen LogP contribution in [0.5, 0.6) is 23.0 Å². The number of phenols is 2. The highest BCUT2D eigenvalue weighted by Crippen LogP contribution is 2.43. The van der Waals surface area contributed by atoms with Crippen molar-refractivity contribution in [2.24, 2.45) is 21.5 Å². The Labute approximate surface area is 270 Å². The maximum atomic E-state index is 10.9. The number of aliphatic imine (C=N–C) groups is 2. The number of phenolic OH excluding ortho intramolecular Hbond substituents is 2. The van der Waals surface area contributed by atoms with Crippen molar-refractivity contribution in [3.63, 3.8) is 0 Å².